The second-order valence-electron chi connectivity index (χ2n) is 5.12. The Morgan fingerprint density at radius 1 is 1.16 bits per heavy atom. The van der Waals surface area contributed by atoms with Gasteiger partial charge in [0.15, 0.2) is 0 Å². The van der Waals surface area contributed by atoms with Crippen molar-refractivity contribution in [2.24, 2.45) is 5.92 Å². The molecule has 0 aromatic heterocycles. The van der Waals surface area contributed by atoms with E-state index in [9.17, 15) is 12.8 Å². The fourth-order valence-corrected chi connectivity index (χ4v) is 3.74. The summed E-state index contributed by atoms with van der Waals surface area (Å²) in [5.41, 5.74) is 0. The highest BCUT2D eigenvalue weighted by Crippen LogP contribution is 2.26. The van der Waals surface area contributed by atoms with Crippen LogP contribution in [-0.4, -0.2) is 15.0 Å². The van der Waals surface area contributed by atoms with Gasteiger partial charge in [-0.2, -0.15) is 0 Å². The fourth-order valence-electron chi connectivity index (χ4n) is 2.61. The molecule has 1 aromatic rings. The highest BCUT2D eigenvalue weighted by atomic mass is 32.2. The van der Waals surface area contributed by atoms with Crippen LogP contribution in [0.5, 0.6) is 0 Å². The van der Waals surface area contributed by atoms with Gasteiger partial charge in [-0.15, -0.1) is 0 Å². The van der Waals surface area contributed by atoms with Crippen LogP contribution in [0.25, 0.3) is 0 Å². The normalized spacial score (nSPS) is 17.5. The van der Waals surface area contributed by atoms with Gasteiger partial charge in [0.05, 0.1) is 0 Å². The Morgan fingerprint density at radius 2 is 1.84 bits per heavy atom. The van der Waals surface area contributed by atoms with Crippen molar-refractivity contribution in [3.63, 3.8) is 0 Å². The van der Waals surface area contributed by atoms with E-state index in [1.165, 1.54) is 50.3 Å². The van der Waals surface area contributed by atoms with E-state index < -0.39 is 15.8 Å². The molecule has 0 aliphatic heterocycles. The fraction of sp³-hybridized carbons (Fsp3) is 0.571. The van der Waals surface area contributed by atoms with Gasteiger partial charge in [-0.3, -0.25) is 0 Å². The molecule has 5 heteroatoms. The van der Waals surface area contributed by atoms with Crippen molar-refractivity contribution >= 4 is 10.0 Å². The number of nitrogens with one attached hydrogen (secondary N) is 1. The van der Waals surface area contributed by atoms with E-state index in [2.05, 4.69) is 4.72 Å². The van der Waals surface area contributed by atoms with Crippen LogP contribution in [-0.2, 0) is 10.0 Å². The molecule has 1 N–H and O–H groups in total. The minimum absolute atomic E-state index is 0.265. The largest absolute Gasteiger partial charge is 0.243 e. The Morgan fingerprint density at radius 3 is 2.53 bits per heavy atom. The number of benzene rings is 1. The molecule has 1 aliphatic rings. The average Bonchev–Trinajstić information content (AvgIpc) is 2.40. The summed E-state index contributed by atoms with van der Waals surface area (Å²) in [6, 6.07) is 5.46. The van der Waals surface area contributed by atoms with Gasteiger partial charge in [0.2, 0.25) is 10.0 Å². The first-order valence-corrected chi connectivity index (χ1v) is 8.32. The average molecular weight is 285 g/mol. The highest BCUT2D eigenvalue weighted by molar-refractivity contribution is 7.89. The molecule has 0 saturated heterocycles. The maximum atomic E-state index is 13.4. The number of hydrogen-bond acceptors (Lipinski definition) is 2. The summed E-state index contributed by atoms with van der Waals surface area (Å²) in [6.07, 6.45) is 6.98. The molecule has 1 saturated carbocycles. The molecule has 0 heterocycles. The summed E-state index contributed by atoms with van der Waals surface area (Å²) < 4.78 is 39.8. The molecule has 106 valence electrons. The predicted octanol–water partition coefficient (Wildman–Crippen LogP) is 3.07. The van der Waals surface area contributed by atoms with Crippen LogP contribution in [0.2, 0.25) is 0 Å². The van der Waals surface area contributed by atoms with Gasteiger partial charge >= 0.3 is 0 Å². The number of rotatable bonds is 5. The van der Waals surface area contributed by atoms with Crippen LogP contribution in [0, 0.1) is 11.7 Å². The third-order valence-electron chi connectivity index (χ3n) is 3.70. The van der Waals surface area contributed by atoms with Crippen LogP contribution in [0.15, 0.2) is 29.2 Å². The van der Waals surface area contributed by atoms with E-state index in [1.54, 1.807) is 0 Å². The third-order valence-corrected chi connectivity index (χ3v) is 5.19. The first-order chi connectivity index (χ1) is 9.09. The molecule has 0 spiro atoms. The lowest BCUT2D eigenvalue weighted by molar-refractivity contribution is 0.339. The summed E-state index contributed by atoms with van der Waals surface area (Å²) in [5.74, 6) is -0.0928. The maximum absolute atomic E-state index is 13.4. The molecule has 2 rings (SSSR count). The molecule has 0 unspecified atom stereocenters. The van der Waals surface area contributed by atoms with Crippen molar-refractivity contribution in [3.8, 4) is 0 Å². The molecular weight excluding hydrogens is 265 g/mol. The molecule has 0 radical (unpaired) electrons. The molecule has 1 fully saturated rings. The van der Waals surface area contributed by atoms with Crippen LogP contribution in [0.4, 0.5) is 4.39 Å². The van der Waals surface area contributed by atoms with Gasteiger partial charge in [0, 0.05) is 6.54 Å². The highest BCUT2D eigenvalue weighted by Gasteiger charge is 2.19. The lowest BCUT2D eigenvalue weighted by Gasteiger charge is -2.21. The molecule has 0 bridgehead atoms. The van der Waals surface area contributed by atoms with Gasteiger partial charge in [0.25, 0.3) is 0 Å². The number of hydrogen-bond donors (Lipinski definition) is 1. The lowest BCUT2D eigenvalue weighted by atomic mass is 9.87. The van der Waals surface area contributed by atoms with Crippen molar-refractivity contribution in [1.82, 2.24) is 4.72 Å². The van der Waals surface area contributed by atoms with Crippen LogP contribution in [0.1, 0.15) is 38.5 Å². The second kappa shape index (κ2) is 6.48. The van der Waals surface area contributed by atoms with E-state index in [0.29, 0.717) is 12.5 Å². The molecule has 3 nitrogen and oxygen atoms in total. The number of sulfonamides is 1. The Balaban J connectivity index is 1.89. The monoisotopic (exact) mass is 285 g/mol. The summed E-state index contributed by atoms with van der Waals surface area (Å²) in [7, 11) is -3.72. The van der Waals surface area contributed by atoms with Gasteiger partial charge in [-0.1, -0.05) is 44.2 Å². The molecule has 1 aliphatic carbocycles. The van der Waals surface area contributed by atoms with Gasteiger partial charge in [0.1, 0.15) is 10.7 Å². The Bertz CT molecular complexity index is 510. The summed E-state index contributed by atoms with van der Waals surface area (Å²) in [5, 5.41) is 0. The van der Waals surface area contributed by atoms with Gasteiger partial charge < -0.3 is 0 Å². The number of halogens is 1. The van der Waals surface area contributed by atoms with Crippen molar-refractivity contribution in [1.29, 1.82) is 0 Å². The SMILES string of the molecule is O=S(=O)(NCCC1CCCCC1)c1ccccc1F. The molecular formula is C14H20FNO2S. The van der Waals surface area contributed by atoms with Gasteiger partial charge in [-0.05, 0) is 24.5 Å². The topological polar surface area (TPSA) is 46.2 Å². The smallest absolute Gasteiger partial charge is 0.211 e. The zero-order valence-electron chi connectivity index (χ0n) is 10.9. The van der Waals surface area contributed by atoms with Gasteiger partial charge in [-0.25, -0.2) is 17.5 Å². The van der Waals surface area contributed by atoms with Crippen molar-refractivity contribution in [2.75, 3.05) is 6.54 Å². The standard InChI is InChI=1S/C14H20FNO2S/c15-13-8-4-5-9-14(13)19(17,18)16-11-10-12-6-2-1-3-7-12/h4-5,8-9,12,16H,1-3,6-7,10-11H2. The van der Waals surface area contributed by atoms with Crippen LogP contribution in [0.3, 0.4) is 0 Å². The quantitative estimate of drug-likeness (QED) is 0.903. The lowest BCUT2D eigenvalue weighted by Crippen LogP contribution is -2.27. The summed E-state index contributed by atoms with van der Waals surface area (Å²) in [6.45, 7) is 0.390. The van der Waals surface area contributed by atoms with E-state index in [4.69, 9.17) is 0 Å². The molecule has 0 atom stereocenters. The predicted molar refractivity (Wildman–Crippen MR) is 72.8 cm³/mol. The second-order valence-corrected chi connectivity index (χ2v) is 6.86. The zero-order chi connectivity index (χ0) is 13.7. The molecule has 1 aromatic carbocycles. The maximum Gasteiger partial charge on any atom is 0.243 e. The zero-order valence-corrected chi connectivity index (χ0v) is 11.8. The first kappa shape index (κ1) is 14.5. The Hall–Kier alpha value is -0.940. The van der Waals surface area contributed by atoms with E-state index in [-0.39, 0.29) is 4.90 Å². The van der Waals surface area contributed by atoms with Crippen molar-refractivity contribution in [3.05, 3.63) is 30.1 Å². The van der Waals surface area contributed by atoms with E-state index in [0.717, 1.165) is 12.5 Å². The van der Waals surface area contributed by atoms with E-state index in [1.807, 2.05) is 0 Å². The van der Waals surface area contributed by atoms with Crippen LogP contribution >= 0.6 is 0 Å². The van der Waals surface area contributed by atoms with Crippen molar-refractivity contribution in [2.45, 2.75) is 43.4 Å². The molecule has 0 amide bonds. The Kier molecular flexibility index (Phi) is 4.93. The molecule has 19 heavy (non-hydrogen) atoms. The minimum atomic E-state index is -3.72. The van der Waals surface area contributed by atoms with E-state index >= 15 is 0 Å². The Labute approximate surface area is 114 Å². The third kappa shape index (κ3) is 4.01. The summed E-state index contributed by atoms with van der Waals surface area (Å²) in [4.78, 5) is -0.265. The van der Waals surface area contributed by atoms with Crippen molar-refractivity contribution < 1.29 is 12.8 Å². The van der Waals surface area contributed by atoms with Crippen LogP contribution < -0.4 is 4.72 Å². The first-order valence-electron chi connectivity index (χ1n) is 6.84. The minimum Gasteiger partial charge on any atom is -0.211 e. The summed E-state index contributed by atoms with van der Waals surface area (Å²) >= 11 is 0.